The molecule has 0 bridgehead atoms. The summed E-state index contributed by atoms with van der Waals surface area (Å²) < 4.78 is 40.0. The third-order valence-electron chi connectivity index (χ3n) is 3.20. The van der Waals surface area contributed by atoms with E-state index in [0.717, 1.165) is 0 Å². The van der Waals surface area contributed by atoms with Gasteiger partial charge >= 0.3 is 0 Å². The third-order valence-corrected chi connectivity index (χ3v) is 4.79. The third kappa shape index (κ3) is 3.23. The molecule has 1 aromatic carbocycles. The van der Waals surface area contributed by atoms with Crippen LogP contribution in [0.15, 0.2) is 41.6 Å². The van der Waals surface area contributed by atoms with Crippen molar-refractivity contribution < 1.29 is 17.9 Å². The van der Waals surface area contributed by atoms with Gasteiger partial charge in [0, 0.05) is 24.5 Å². The molecule has 0 saturated heterocycles. The van der Waals surface area contributed by atoms with E-state index in [1.165, 1.54) is 12.1 Å². The number of nitrogens with zero attached hydrogens (tertiary/aromatic N) is 2. The summed E-state index contributed by atoms with van der Waals surface area (Å²) in [6.07, 6.45) is 3.44. The van der Waals surface area contributed by atoms with E-state index in [9.17, 15) is 8.42 Å². The van der Waals surface area contributed by atoms with Gasteiger partial charge in [-0.1, -0.05) is 0 Å². The number of sulfonamides is 1. The standard InChI is InChI=1S/C14H17N3O4S/c1-11(10-17-6-2-5-15-17)16-22(18,19)12-3-4-13-14(9-12)21-8-7-20-13/h2-6,9,11,16H,7-8,10H2,1H3/t11-/m0/s1. The van der Waals surface area contributed by atoms with Crippen molar-refractivity contribution in [2.45, 2.75) is 24.4 Å². The number of benzene rings is 1. The molecule has 1 N–H and O–H groups in total. The molecule has 0 fully saturated rings. The van der Waals surface area contributed by atoms with Crippen molar-refractivity contribution in [3.63, 3.8) is 0 Å². The SMILES string of the molecule is C[C@@H](Cn1cccn1)NS(=O)(=O)c1ccc2c(c1)OCCO2. The lowest BCUT2D eigenvalue weighted by Crippen LogP contribution is -2.35. The minimum atomic E-state index is -3.62. The summed E-state index contributed by atoms with van der Waals surface area (Å²) in [7, 11) is -3.62. The largest absolute Gasteiger partial charge is 0.486 e. The van der Waals surface area contributed by atoms with Gasteiger partial charge in [-0.3, -0.25) is 4.68 Å². The summed E-state index contributed by atoms with van der Waals surface area (Å²) >= 11 is 0. The summed E-state index contributed by atoms with van der Waals surface area (Å²) in [5, 5.41) is 4.06. The lowest BCUT2D eigenvalue weighted by Gasteiger charge is -2.19. The lowest BCUT2D eigenvalue weighted by molar-refractivity contribution is 0.171. The van der Waals surface area contributed by atoms with Gasteiger partial charge in [0.15, 0.2) is 11.5 Å². The number of hydrogen-bond acceptors (Lipinski definition) is 5. The molecule has 7 nitrogen and oxygen atoms in total. The maximum Gasteiger partial charge on any atom is 0.241 e. The van der Waals surface area contributed by atoms with E-state index in [1.54, 1.807) is 36.1 Å². The van der Waals surface area contributed by atoms with E-state index in [-0.39, 0.29) is 10.9 Å². The van der Waals surface area contributed by atoms with Crippen LogP contribution in [0.3, 0.4) is 0 Å². The first-order valence-corrected chi connectivity index (χ1v) is 8.42. The number of ether oxygens (including phenoxy) is 2. The van der Waals surface area contributed by atoms with Gasteiger partial charge in [-0.2, -0.15) is 5.10 Å². The van der Waals surface area contributed by atoms with Crippen molar-refractivity contribution in [2.75, 3.05) is 13.2 Å². The number of nitrogens with one attached hydrogen (secondary N) is 1. The Morgan fingerprint density at radius 2 is 2.09 bits per heavy atom. The fraction of sp³-hybridized carbons (Fsp3) is 0.357. The van der Waals surface area contributed by atoms with Crippen LogP contribution in [0.2, 0.25) is 0 Å². The van der Waals surface area contributed by atoms with Crippen LogP contribution in [0.25, 0.3) is 0 Å². The summed E-state index contributed by atoms with van der Waals surface area (Å²) in [4.78, 5) is 0.157. The predicted octanol–water partition coefficient (Wildman–Crippen LogP) is 1.02. The zero-order valence-electron chi connectivity index (χ0n) is 12.1. The minimum Gasteiger partial charge on any atom is -0.486 e. The van der Waals surface area contributed by atoms with E-state index < -0.39 is 10.0 Å². The average molecular weight is 323 g/mol. The molecular formula is C14H17N3O4S. The monoisotopic (exact) mass is 323 g/mol. The van der Waals surface area contributed by atoms with Gasteiger partial charge in [0.1, 0.15) is 13.2 Å². The molecule has 2 heterocycles. The molecule has 8 heteroatoms. The minimum absolute atomic E-state index is 0.157. The van der Waals surface area contributed by atoms with Crippen LogP contribution in [0.4, 0.5) is 0 Å². The predicted molar refractivity (Wildman–Crippen MR) is 79.4 cm³/mol. The number of rotatable bonds is 5. The molecule has 0 unspecified atom stereocenters. The molecule has 2 aromatic rings. The van der Waals surface area contributed by atoms with Crippen LogP contribution < -0.4 is 14.2 Å². The van der Waals surface area contributed by atoms with E-state index in [2.05, 4.69) is 9.82 Å². The maximum atomic E-state index is 12.4. The van der Waals surface area contributed by atoms with Gasteiger partial charge in [-0.25, -0.2) is 13.1 Å². The summed E-state index contributed by atoms with van der Waals surface area (Å²) in [5.74, 6) is 1.02. The molecule has 0 aliphatic carbocycles. The van der Waals surface area contributed by atoms with Crippen molar-refractivity contribution in [2.24, 2.45) is 0 Å². The first kappa shape index (κ1) is 14.9. The van der Waals surface area contributed by atoms with Crippen LogP contribution >= 0.6 is 0 Å². The van der Waals surface area contributed by atoms with Gasteiger partial charge in [-0.05, 0) is 25.1 Å². The Morgan fingerprint density at radius 1 is 1.32 bits per heavy atom. The van der Waals surface area contributed by atoms with Gasteiger partial charge in [-0.15, -0.1) is 0 Å². The Labute approximate surface area is 128 Å². The topological polar surface area (TPSA) is 82.5 Å². The van der Waals surface area contributed by atoms with E-state index >= 15 is 0 Å². The molecule has 0 saturated carbocycles. The molecular weight excluding hydrogens is 306 g/mol. The number of aromatic nitrogens is 2. The fourth-order valence-corrected chi connectivity index (χ4v) is 3.50. The molecule has 3 rings (SSSR count). The first-order chi connectivity index (χ1) is 10.5. The van der Waals surface area contributed by atoms with Crippen molar-refractivity contribution >= 4 is 10.0 Å². The Hall–Kier alpha value is -2.06. The number of hydrogen-bond donors (Lipinski definition) is 1. The fourth-order valence-electron chi connectivity index (χ4n) is 2.25. The average Bonchev–Trinajstić information content (AvgIpc) is 2.99. The van der Waals surface area contributed by atoms with Crippen LogP contribution in [0, 0.1) is 0 Å². The highest BCUT2D eigenvalue weighted by molar-refractivity contribution is 7.89. The van der Waals surface area contributed by atoms with Crippen molar-refractivity contribution in [1.29, 1.82) is 0 Å². The lowest BCUT2D eigenvalue weighted by atomic mass is 10.3. The zero-order valence-corrected chi connectivity index (χ0v) is 12.9. The molecule has 0 spiro atoms. The second-order valence-corrected chi connectivity index (χ2v) is 6.77. The molecule has 1 aliphatic rings. The van der Waals surface area contributed by atoms with Crippen LogP contribution in [0.1, 0.15) is 6.92 Å². The Bertz CT molecular complexity index is 743. The van der Waals surface area contributed by atoms with Gasteiger partial charge in [0.2, 0.25) is 10.0 Å². The highest BCUT2D eigenvalue weighted by atomic mass is 32.2. The maximum absolute atomic E-state index is 12.4. The molecule has 1 atom stereocenters. The Morgan fingerprint density at radius 3 is 2.82 bits per heavy atom. The highest BCUT2D eigenvalue weighted by Gasteiger charge is 2.21. The quantitative estimate of drug-likeness (QED) is 0.888. The molecule has 0 radical (unpaired) electrons. The molecule has 1 aromatic heterocycles. The first-order valence-electron chi connectivity index (χ1n) is 6.94. The summed E-state index contributed by atoms with van der Waals surface area (Å²) in [6, 6.07) is 6.11. The molecule has 22 heavy (non-hydrogen) atoms. The summed E-state index contributed by atoms with van der Waals surface area (Å²) in [5.41, 5.74) is 0. The van der Waals surface area contributed by atoms with E-state index in [4.69, 9.17) is 9.47 Å². The van der Waals surface area contributed by atoms with Crippen molar-refractivity contribution in [3.8, 4) is 11.5 Å². The second-order valence-electron chi connectivity index (χ2n) is 5.06. The van der Waals surface area contributed by atoms with Gasteiger partial charge in [0.05, 0.1) is 11.4 Å². The Kier molecular flexibility index (Phi) is 4.04. The molecule has 1 aliphatic heterocycles. The summed E-state index contributed by atoms with van der Waals surface area (Å²) in [6.45, 7) is 3.13. The highest BCUT2D eigenvalue weighted by Crippen LogP contribution is 2.32. The van der Waals surface area contributed by atoms with Gasteiger partial charge < -0.3 is 9.47 Å². The van der Waals surface area contributed by atoms with Crippen molar-refractivity contribution in [3.05, 3.63) is 36.7 Å². The zero-order chi connectivity index (χ0) is 15.6. The van der Waals surface area contributed by atoms with Crippen molar-refractivity contribution in [1.82, 2.24) is 14.5 Å². The van der Waals surface area contributed by atoms with E-state index in [1.807, 2.05) is 0 Å². The molecule has 118 valence electrons. The van der Waals surface area contributed by atoms with Crippen LogP contribution in [-0.2, 0) is 16.6 Å². The smallest absolute Gasteiger partial charge is 0.241 e. The normalized spacial score (nSPS) is 15.5. The Balaban J connectivity index is 1.74. The second kappa shape index (κ2) is 5.98. The van der Waals surface area contributed by atoms with Crippen LogP contribution in [-0.4, -0.2) is 37.5 Å². The van der Waals surface area contributed by atoms with E-state index in [0.29, 0.717) is 31.3 Å². The number of fused-ring (bicyclic) bond motifs is 1. The van der Waals surface area contributed by atoms with Gasteiger partial charge in [0.25, 0.3) is 0 Å². The van der Waals surface area contributed by atoms with Crippen LogP contribution in [0.5, 0.6) is 11.5 Å². The molecule has 0 amide bonds.